The average molecular weight is 385 g/mol. The van der Waals surface area contributed by atoms with Crippen LogP contribution in [0.25, 0.3) is 0 Å². The van der Waals surface area contributed by atoms with E-state index in [-0.39, 0.29) is 28.8 Å². The third kappa shape index (κ3) is 4.40. The van der Waals surface area contributed by atoms with Gasteiger partial charge in [0.1, 0.15) is 5.56 Å². The fourth-order valence-electron chi connectivity index (χ4n) is 2.22. The lowest BCUT2D eigenvalue weighted by Crippen LogP contribution is -2.27. The van der Waals surface area contributed by atoms with Gasteiger partial charge in [-0.25, -0.2) is 0 Å². The van der Waals surface area contributed by atoms with Gasteiger partial charge in [-0.15, -0.1) is 11.3 Å². The number of hydrogen-bond donors (Lipinski definition) is 1. The van der Waals surface area contributed by atoms with E-state index in [1.54, 1.807) is 26.0 Å². The zero-order valence-corrected chi connectivity index (χ0v) is 15.4. The minimum absolute atomic E-state index is 0.0937. The Hall–Kier alpha value is -2.32. The van der Waals surface area contributed by atoms with Gasteiger partial charge < -0.3 is 14.8 Å². The Morgan fingerprint density at radius 3 is 2.64 bits per heavy atom. The number of nitrogens with zero attached hydrogens (tertiary/aromatic N) is 1. The molecule has 0 aliphatic heterocycles. The Morgan fingerprint density at radius 2 is 2.12 bits per heavy atom. The standard InChI is InChI=1S/C16H17ClN2O5S/c1-4-24-13-7-10(11(19(21)22)8-12(13)23-3)16(20)18-9(2)14-5-6-15(17)25-14/h5-9H,4H2,1-3H3,(H,18,20). The maximum Gasteiger partial charge on any atom is 0.286 e. The number of rotatable bonds is 7. The van der Waals surface area contributed by atoms with Crippen LogP contribution in [0, 0.1) is 10.1 Å². The molecule has 1 aromatic heterocycles. The van der Waals surface area contributed by atoms with Crippen molar-refractivity contribution >= 4 is 34.5 Å². The molecule has 1 aromatic carbocycles. The van der Waals surface area contributed by atoms with Crippen molar-refractivity contribution in [2.75, 3.05) is 13.7 Å². The summed E-state index contributed by atoms with van der Waals surface area (Å²) in [5, 5.41) is 14.1. The monoisotopic (exact) mass is 384 g/mol. The van der Waals surface area contributed by atoms with E-state index >= 15 is 0 Å². The fraction of sp³-hybridized carbons (Fsp3) is 0.312. The number of ether oxygens (including phenoxy) is 2. The lowest BCUT2D eigenvalue weighted by molar-refractivity contribution is -0.385. The highest BCUT2D eigenvalue weighted by molar-refractivity contribution is 7.16. The quantitative estimate of drug-likeness (QED) is 0.570. The minimum Gasteiger partial charge on any atom is -0.493 e. The lowest BCUT2D eigenvalue weighted by atomic mass is 10.1. The molecule has 0 radical (unpaired) electrons. The maximum absolute atomic E-state index is 12.6. The third-order valence-corrected chi connectivity index (χ3v) is 4.81. The van der Waals surface area contributed by atoms with Crippen molar-refractivity contribution in [1.29, 1.82) is 0 Å². The number of nitro groups is 1. The van der Waals surface area contributed by atoms with Crippen LogP contribution in [0.5, 0.6) is 11.5 Å². The second-order valence-electron chi connectivity index (χ2n) is 5.05. The first kappa shape index (κ1) is 19.0. The van der Waals surface area contributed by atoms with Crippen molar-refractivity contribution < 1.29 is 19.2 Å². The molecule has 9 heteroatoms. The number of methoxy groups -OCH3 is 1. The van der Waals surface area contributed by atoms with Crippen LogP contribution in [-0.2, 0) is 0 Å². The van der Waals surface area contributed by atoms with Gasteiger partial charge in [0, 0.05) is 10.9 Å². The number of nitrogens with one attached hydrogen (secondary N) is 1. The first-order chi connectivity index (χ1) is 11.9. The molecule has 25 heavy (non-hydrogen) atoms. The number of halogens is 1. The van der Waals surface area contributed by atoms with Crippen LogP contribution in [0.3, 0.4) is 0 Å². The molecule has 0 aliphatic carbocycles. The summed E-state index contributed by atoms with van der Waals surface area (Å²) in [5.41, 5.74) is -0.446. The first-order valence-corrected chi connectivity index (χ1v) is 8.62. The molecule has 1 amide bonds. The highest BCUT2D eigenvalue weighted by Gasteiger charge is 2.26. The molecule has 0 bridgehead atoms. The van der Waals surface area contributed by atoms with Crippen molar-refractivity contribution in [3.63, 3.8) is 0 Å². The molecule has 0 saturated heterocycles. The molecule has 0 aliphatic rings. The highest BCUT2D eigenvalue weighted by Crippen LogP contribution is 2.35. The molecule has 0 spiro atoms. The van der Waals surface area contributed by atoms with Crippen molar-refractivity contribution in [3.05, 3.63) is 49.2 Å². The van der Waals surface area contributed by atoms with Gasteiger partial charge in [0.05, 0.1) is 35.1 Å². The Morgan fingerprint density at radius 1 is 1.40 bits per heavy atom. The van der Waals surface area contributed by atoms with Gasteiger partial charge in [0.25, 0.3) is 11.6 Å². The predicted octanol–water partition coefficient (Wildman–Crippen LogP) is 4.21. The average Bonchev–Trinajstić information content (AvgIpc) is 3.01. The van der Waals surface area contributed by atoms with Crippen LogP contribution in [0.2, 0.25) is 4.34 Å². The Balaban J connectivity index is 2.36. The molecule has 1 heterocycles. The van der Waals surface area contributed by atoms with Crippen molar-refractivity contribution in [2.24, 2.45) is 0 Å². The van der Waals surface area contributed by atoms with Gasteiger partial charge in [-0.1, -0.05) is 11.6 Å². The summed E-state index contributed by atoms with van der Waals surface area (Å²) in [6, 6.07) is 5.69. The van der Waals surface area contributed by atoms with Crippen LogP contribution in [0.4, 0.5) is 5.69 Å². The van der Waals surface area contributed by atoms with Crippen LogP contribution in [0.15, 0.2) is 24.3 Å². The van der Waals surface area contributed by atoms with Gasteiger partial charge in [0.15, 0.2) is 11.5 Å². The zero-order valence-electron chi connectivity index (χ0n) is 13.9. The van der Waals surface area contributed by atoms with Gasteiger partial charge in [-0.05, 0) is 26.0 Å². The fourth-order valence-corrected chi connectivity index (χ4v) is 3.28. The summed E-state index contributed by atoms with van der Waals surface area (Å²) in [6.45, 7) is 3.88. The molecule has 2 rings (SSSR count). The Labute approximate surface area is 153 Å². The number of amides is 1. The number of hydrogen-bond acceptors (Lipinski definition) is 6. The van der Waals surface area contributed by atoms with Crippen molar-refractivity contribution in [1.82, 2.24) is 5.32 Å². The smallest absolute Gasteiger partial charge is 0.286 e. The number of nitro benzene ring substituents is 1. The molecular weight excluding hydrogens is 368 g/mol. The molecule has 1 unspecified atom stereocenters. The van der Waals surface area contributed by atoms with Crippen LogP contribution >= 0.6 is 22.9 Å². The second-order valence-corrected chi connectivity index (χ2v) is 6.79. The molecule has 0 saturated carbocycles. The molecule has 1 N–H and O–H groups in total. The van der Waals surface area contributed by atoms with Crippen LogP contribution in [-0.4, -0.2) is 24.5 Å². The van der Waals surface area contributed by atoms with E-state index in [0.717, 1.165) is 4.88 Å². The summed E-state index contributed by atoms with van der Waals surface area (Å²) >= 11 is 7.23. The zero-order chi connectivity index (χ0) is 18.6. The minimum atomic E-state index is -0.625. The largest absolute Gasteiger partial charge is 0.493 e. The molecular formula is C16H17ClN2O5S. The molecule has 134 valence electrons. The molecule has 2 aromatic rings. The lowest BCUT2D eigenvalue weighted by Gasteiger charge is -2.14. The first-order valence-electron chi connectivity index (χ1n) is 7.42. The van der Waals surface area contributed by atoms with Gasteiger partial charge in [-0.2, -0.15) is 0 Å². The molecule has 0 fully saturated rings. The van der Waals surface area contributed by atoms with Crippen LogP contribution in [0.1, 0.15) is 35.1 Å². The predicted molar refractivity (Wildman–Crippen MR) is 96.0 cm³/mol. The van der Waals surface area contributed by atoms with Gasteiger partial charge >= 0.3 is 0 Å². The van der Waals surface area contributed by atoms with Gasteiger partial charge in [0.2, 0.25) is 0 Å². The Bertz CT molecular complexity index is 793. The van der Waals surface area contributed by atoms with E-state index in [2.05, 4.69) is 5.32 Å². The number of carbonyl (C=O) groups is 1. The maximum atomic E-state index is 12.6. The SMILES string of the molecule is CCOc1cc(C(=O)NC(C)c2ccc(Cl)s2)c([N+](=O)[O-])cc1OC. The normalized spacial score (nSPS) is 11.7. The number of carbonyl (C=O) groups excluding carboxylic acids is 1. The number of thiophene rings is 1. The van der Waals surface area contributed by atoms with Crippen molar-refractivity contribution in [3.8, 4) is 11.5 Å². The van der Waals surface area contributed by atoms with E-state index in [9.17, 15) is 14.9 Å². The summed E-state index contributed by atoms with van der Waals surface area (Å²) in [7, 11) is 1.38. The highest BCUT2D eigenvalue weighted by atomic mass is 35.5. The topological polar surface area (TPSA) is 90.7 Å². The van der Waals surface area contributed by atoms with E-state index in [4.69, 9.17) is 21.1 Å². The van der Waals surface area contributed by atoms with Gasteiger partial charge in [-0.3, -0.25) is 14.9 Å². The number of benzene rings is 1. The molecule has 1 atom stereocenters. The summed E-state index contributed by atoms with van der Waals surface area (Å²) in [6.07, 6.45) is 0. The van der Waals surface area contributed by atoms with E-state index in [0.29, 0.717) is 10.9 Å². The second kappa shape index (κ2) is 8.17. The molecule has 7 nitrogen and oxygen atoms in total. The Kier molecular flexibility index (Phi) is 6.22. The van der Waals surface area contributed by atoms with E-state index < -0.39 is 10.8 Å². The van der Waals surface area contributed by atoms with Crippen LogP contribution < -0.4 is 14.8 Å². The third-order valence-electron chi connectivity index (χ3n) is 3.39. The van der Waals surface area contributed by atoms with E-state index in [1.165, 1.54) is 30.6 Å². The summed E-state index contributed by atoms with van der Waals surface area (Å²) in [4.78, 5) is 24.1. The summed E-state index contributed by atoms with van der Waals surface area (Å²) < 4.78 is 11.1. The van der Waals surface area contributed by atoms with E-state index in [1.807, 2.05) is 0 Å². The van der Waals surface area contributed by atoms with Crippen molar-refractivity contribution in [2.45, 2.75) is 19.9 Å². The summed E-state index contributed by atoms with van der Waals surface area (Å²) in [5.74, 6) is -0.108.